The molecule has 5 nitrogen and oxygen atoms in total. The fourth-order valence-electron chi connectivity index (χ4n) is 1.37. The Morgan fingerprint density at radius 2 is 1.80 bits per heavy atom. The lowest BCUT2D eigenvalue weighted by molar-refractivity contribution is 0.385. The summed E-state index contributed by atoms with van der Waals surface area (Å²) in [5.41, 5.74) is 10.1. The molecule has 5 heteroatoms. The minimum absolute atomic E-state index is 0.225. The lowest BCUT2D eigenvalue weighted by Gasteiger charge is -2.12. The van der Waals surface area contributed by atoms with Crippen molar-refractivity contribution in [1.29, 1.82) is 0 Å². The van der Waals surface area contributed by atoms with Crippen molar-refractivity contribution in [3.63, 3.8) is 0 Å². The summed E-state index contributed by atoms with van der Waals surface area (Å²) in [4.78, 5) is 2.72. The van der Waals surface area contributed by atoms with Gasteiger partial charge in [-0.1, -0.05) is 5.11 Å². The van der Waals surface area contributed by atoms with Crippen LogP contribution in [0, 0.1) is 6.92 Å². The first-order chi connectivity index (χ1) is 7.22. The average Bonchev–Trinajstić information content (AvgIpc) is 2.26. The first-order valence-corrected chi connectivity index (χ1v) is 4.45. The number of hydrogen-bond donors (Lipinski definition) is 0. The monoisotopic (exact) mass is 207 g/mol. The number of rotatable bonds is 4. The molecule has 0 radical (unpaired) electrons. The smallest absolute Gasteiger partial charge is 0.126 e. The van der Waals surface area contributed by atoms with Gasteiger partial charge in [-0.2, -0.15) is 0 Å². The molecule has 0 unspecified atom stereocenters. The maximum Gasteiger partial charge on any atom is 0.126 e. The molecule has 0 N–H and O–H groups in total. The topological polar surface area (TPSA) is 67.2 Å². The third kappa shape index (κ3) is 2.54. The first-order valence-electron chi connectivity index (χ1n) is 4.45. The Hall–Kier alpha value is -1.87. The summed E-state index contributed by atoms with van der Waals surface area (Å²) in [7, 11) is 3.15. The lowest BCUT2D eigenvalue weighted by atomic mass is 10.1. The molecule has 0 saturated carbocycles. The molecule has 1 aromatic carbocycles. The van der Waals surface area contributed by atoms with Crippen LogP contribution in [-0.2, 0) is 6.54 Å². The second kappa shape index (κ2) is 5.12. The van der Waals surface area contributed by atoms with E-state index in [1.54, 1.807) is 14.2 Å². The molecule has 0 aliphatic rings. The Balaban J connectivity index is 3.23. The average molecular weight is 207 g/mol. The summed E-state index contributed by atoms with van der Waals surface area (Å²) in [5, 5.41) is 3.51. The predicted octanol–water partition coefficient (Wildman–Crippen LogP) is 2.82. The van der Waals surface area contributed by atoms with Crippen LogP contribution in [-0.4, -0.2) is 14.2 Å². The van der Waals surface area contributed by atoms with Crippen LogP contribution in [0.1, 0.15) is 11.1 Å². The number of azide groups is 1. The van der Waals surface area contributed by atoms with Crippen LogP contribution in [0.15, 0.2) is 17.2 Å². The van der Waals surface area contributed by atoms with E-state index in [9.17, 15) is 0 Å². The Bertz CT molecular complexity index is 373. The summed E-state index contributed by atoms with van der Waals surface area (Å²) in [6, 6.07) is 3.76. The SMILES string of the molecule is COc1cc(C)cc(OC)c1CN=[N+]=[N-]. The molecule has 1 aromatic rings. The van der Waals surface area contributed by atoms with Gasteiger partial charge in [0.1, 0.15) is 11.5 Å². The standard InChI is InChI=1S/C10H13N3O2/c1-7-4-9(14-2)8(6-12-13-11)10(5-7)15-3/h4-5H,6H2,1-3H3. The molecule has 80 valence electrons. The highest BCUT2D eigenvalue weighted by Crippen LogP contribution is 2.30. The van der Waals surface area contributed by atoms with Crippen molar-refractivity contribution in [3.05, 3.63) is 33.7 Å². The van der Waals surface area contributed by atoms with E-state index in [2.05, 4.69) is 10.0 Å². The van der Waals surface area contributed by atoms with Gasteiger partial charge in [-0.15, -0.1) is 0 Å². The van der Waals surface area contributed by atoms with E-state index in [0.717, 1.165) is 11.1 Å². The number of ether oxygens (including phenoxy) is 2. The minimum Gasteiger partial charge on any atom is -0.496 e. The van der Waals surface area contributed by atoms with E-state index >= 15 is 0 Å². The Labute approximate surface area is 88.3 Å². The number of methoxy groups -OCH3 is 2. The summed E-state index contributed by atoms with van der Waals surface area (Å²) in [6.07, 6.45) is 0. The van der Waals surface area contributed by atoms with Crippen LogP contribution < -0.4 is 9.47 Å². The third-order valence-electron chi connectivity index (χ3n) is 2.04. The molecule has 0 aromatic heterocycles. The number of nitrogens with zero attached hydrogens (tertiary/aromatic N) is 3. The van der Waals surface area contributed by atoms with Gasteiger partial charge in [0.15, 0.2) is 0 Å². The zero-order valence-electron chi connectivity index (χ0n) is 9.02. The van der Waals surface area contributed by atoms with E-state index in [4.69, 9.17) is 15.0 Å². The van der Waals surface area contributed by atoms with E-state index in [1.807, 2.05) is 19.1 Å². The first kappa shape index (κ1) is 11.2. The van der Waals surface area contributed by atoms with Gasteiger partial charge < -0.3 is 9.47 Å². The zero-order chi connectivity index (χ0) is 11.3. The van der Waals surface area contributed by atoms with E-state index < -0.39 is 0 Å². The minimum atomic E-state index is 0.225. The van der Waals surface area contributed by atoms with E-state index in [1.165, 1.54) is 0 Å². The maximum atomic E-state index is 8.29. The van der Waals surface area contributed by atoms with Gasteiger partial charge in [-0.05, 0) is 30.2 Å². The Morgan fingerprint density at radius 3 is 2.20 bits per heavy atom. The highest BCUT2D eigenvalue weighted by atomic mass is 16.5. The molecule has 0 spiro atoms. The van der Waals surface area contributed by atoms with Crippen molar-refractivity contribution in [2.45, 2.75) is 13.5 Å². The summed E-state index contributed by atoms with van der Waals surface area (Å²) >= 11 is 0. The lowest BCUT2D eigenvalue weighted by Crippen LogP contribution is -1.96. The van der Waals surface area contributed by atoms with Crippen LogP contribution >= 0.6 is 0 Å². The highest BCUT2D eigenvalue weighted by molar-refractivity contribution is 5.47. The fourth-order valence-corrected chi connectivity index (χ4v) is 1.37. The zero-order valence-corrected chi connectivity index (χ0v) is 9.02. The van der Waals surface area contributed by atoms with Crippen molar-refractivity contribution < 1.29 is 9.47 Å². The van der Waals surface area contributed by atoms with E-state index in [0.29, 0.717) is 11.5 Å². The molecule has 0 aliphatic carbocycles. The molecular formula is C10H13N3O2. The van der Waals surface area contributed by atoms with Crippen LogP contribution in [0.5, 0.6) is 11.5 Å². The van der Waals surface area contributed by atoms with Gasteiger partial charge in [-0.25, -0.2) is 0 Å². The summed E-state index contributed by atoms with van der Waals surface area (Å²) in [5.74, 6) is 1.36. The fraction of sp³-hybridized carbons (Fsp3) is 0.400. The van der Waals surface area contributed by atoms with Crippen molar-refractivity contribution in [3.8, 4) is 11.5 Å². The van der Waals surface area contributed by atoms with E-state index in [-0.39, 0.29) is 6.54 Å². The molecule has 0 saturated heterocycles. The van der Waals surface area contributed by atoms with Crippen molar-refractivity contribution >= 4 is 0 Å². The van der Waals surface area contributed by atoms with Crippen LogP contribution in [0.4, 0.5) is 0 Å². The normalized spacial score (nSPS) is 9.27. The van der Waals surface area contributed by atoms with Crippen LogP contribution in [0.2, 0.25) is 0 Å². The Morgan fingerprint density at radius 1 is 1.27 bits per heavy atom. The number of hydrogen-bond acceptors (Lipinski definition) is 3. The maximum absolute atomic E-state index is 8.29. The van der Waals surface area contributed by atoms with Gasteiger partial charge in [0.25, 0.3) is 0 Å². The highest BCUT2D eigenvalue weighted by Gasteiger charge is 2.09. The van der Waals surface area contributed by atoms with Gasteiger partial charge >= 0.3 is 0 Å². The molecule has 1 rings (SSSR count). The molecule has 0 amide bonds. The number of benzene rings is 1. The van der Waals surface area contributed by atoms with Gasteiger partial charge in [0.05, 0.1) is 20.8 Å². The molecular weight excluding hydrogens is 194 g/mol. The molecule has 0 aliphatic heterocycles. The summed E-state index contributed by atoms with van der Waals surface area (Å²) in [6.45, 7) is 2.17. The Kier molecular flexibility index (Phi) is 3.83. The predicted molar refractivity (Wildman–Crippen MR) is 57.1 cm³/mol. The van der Waals surface area contributed by atoms with Gasteiger partial charge in [-0.3, -0.25) is 0 Å². The van der Waals surface area contributed by atoms with Crippen molar-refractivity contribution in [2.75, 3.05) is 14.2 Å². The van der Waals surface area contributed by atoms with Gasteiger partial charge in [0.2, 0.25) is 0 Å². The third-order valence-corrected chi connectivity index (χ3v) is 2.04. The van der Waals surface area contributed by atoms with Crippen molar-refractivity contribution in [1.82, 2.24) is 0 Å². The van der Waals surface area contributed by atoms with Crippen molar-refractivity contribution in [2.24, 2.45) is 5.11 Å². The second-order valence-corrected chi connectivity index (χ2v) is 3.04. The molecule has 0 atom stereocenters. The quantitative estimate of drug-likeness (QED) is 0.432. The molecule has 0 heterocycles. The summed E-state index contributed by atoms with van der Waals surface area (Å²) < 4.78 is 10.4. The second-order valence-electron chi connectivity index (χ2n) is 3.04. The molecule has 15 heavy (non-hydrogen) atoms. The van der Waals surface area contributed by atoms with Crippen LogP contribution in [0.25, 0.3) is 10.4 Å². The molecule has 0 bridgehead atoms. The largest absolute Gasteiger partial charge is 0.496 e. The van der Waals surface area contributed by atoms with Crippen LogP contribution in [0.3, 0.4) is 0 Å². The van der Waals surface area contributed by atoms with Gasteiger partial charge in [0, 0.05) is 10.5 Å². The molecule has 0 fully saturated rings. The number of aryl methyl sites for hydroxylation is 1.